The van der Waals surface area contributed by atoms with Gasteiger partial charge in [0.15, 0.2) is 0 Å². The Morgan fingerprint density at radius 1 is 1.18 bits per heavy atom. The van der Waals surface area contributed by atoms with Crippen molar-refractivity contribution in [3.8, 4) is 0 Å². The Bertz CT molecular complexity index is 451. The number of ether oxygens (including phenoxy) is 2. The van der Waals surface area contributed by atoms with Crippen molar-refractivity contribution in [2.45, 2.75) is 19.8 Å². The van der Waals surface area contributed by atoms with Gasteiger partial charge < -0.3 is 19.7 Å². The summed E-state index contributed by atoms with van der Waals surface area (Å²) in [5.41, 5.74) is 0.723. The molecule has 0 bridgehead atoms. The number of nitrogens with one attached hydrogen (secondary N) is 1. The SMILES string of the molecule is CCOCCCN(CCC(=O)OC)C(=O)Nc1ccccc1. The molecule has 0 aliphatic carbocycles. The van der Waals surface area contributed by atoms with Gasteiger partial charge in [-0.25, -0.2) is 4.79 Å². The molecule has 0 saturated carbocycles. The second kappa shape index (κ2) is 10.6. The van der Waals surface area contributed by atoms with Crippen LogP contribution in [-0.2, 0) is 14.3 Å². The number of urea groups is 1. The molecule has 1 aromatic carbocycles. The van der Waals surface area contributed by atoms with Crippen LogP contribution >= 0.6 is 0 Å². The lowest BCUT2D eigenvalue weighted by molar-refractivity contribution is -0.140. The number of carbonyl (C=O) groups excluding carboxylic acids is 2. The van der Waals surface area contributed by atoms with Gasteiger partial charge in [0, 0.05) is 32.0 Å². The molecule has 0 fully saturated rings. The predicted molar refractivity (Wildman–Crippen MR) is 84.8 cm³/mol. The third-order valence-electron chi connectivity index (χ3n) is 3.05. The van der Waals surface area contributed by atoms with Crippen LogP contribution in [0.4, 0.5) is 10.5 Å². The molecule has 6 nitrogen and oxygen atoms in total. The Hall–Kier alpha value is -2.08. The van der Waals surface area contributed by atoms with E-state index in [1.807, 2.05) is 37.3 Å². The quantitative estimate of drug-likeness (QED) is 0.562. The van der Waals surface area contributed by atoms with E-state index in [0.717, 1.165) is 12.1 Å². The van der Waals surface area contributed by atoms with E-state index < -0.39 is 0 Å². The first kappa shape index (κ1) is 18.0. The van der Waals surface area contributed by atoms with Crippen molar-refractivity contribution in [2.24, 2.45) is 0 Å². The Balaban J connectivity index is 2.54. The van der Waals surface area contributed by atoms with E-state index in [0.29, 0.717) is 26.3 Å². The first-order valence-electron chi connectivity index (χ1n) is 7.43. The summed E-state index contributed by atoms with van der Waals surface area (Å²) in [6.45, 7) is 4.01. The van der Waals surface area contributed by atoms with Gasteiger partial charge in [0.2, 0.25) is 0 Å². The summed E-state index contributed by atoms with van der Waals surface area (Å²) < 4.78 is 9.90. The number of benzene rings is 1. The summed E-state index contributed by atoms with van der Waals surface area (Å²) in [5, 5.41) is 2.82. The molecule has 122 valence electrons. The summed E-state index contributed by atoms with van der Waals surface area (Å²) in [6.07, 6.45) is 0.893. The Kier molecular flexibility index (Phi) is 8.67. The number of amides is 2. The fourth-order valence-electron chi connectivity index (χ4n) is 1.87. The third-order valence-corrected chi connectivity index (χ3v) is 3.05. The Labute approximate surface area is 131 Å². The van der Waals surface area contributed by atoms with Crippen LogP contribution in [0.5, 0.6) is 0 Å². The molecule has 0 saturated heterocycles. The zero-order valence-corrected chi connectivity index (χ0v) is 13.2. The normalized spacial score (nSPS) is 10.1. The van der Waals surface area contributed by atoms with Crippen molar-refractivity contribution in [1.82, 2.24) is 4.90 Å². The molecule has 0 aliphatic rings. The number of anilines is 1. The highest BCUT2D eigenvalue weighted by Gasteiger charge is 2.15. The highest BCUT2D eigenvalue weighted by Crippen LogP contribution is 2.07. The fourth-order valence-corrected chi connectivity index (χ4v) is 1.87. The van der Waals surface area contributed by atoms with Crippen LogP contribution in [0, 0.1) is 0 Å². The monoisotopic (exact) mass is 308 g/mol. The molecule has 1 aromatic rings. The Morgan fingerprint density at radius 2 is 1.91 bits per heavy atom. The van der Waals surface area contributed by atoms with Crippen molar-refractivity contribution < 1.29 is 19.1 Å². The lowest BCUT2D eigenvalue weighted by atomic mass is 10.3. The van der Waals surface area contributed by atoms with E-state index in [1.165, 1.54) is 7.11 Å². The van der Waals surface area contributed by atoms with Crippen LogP contribution < -0.4 is 5.32 Å². The summed E-state index contributed by atoms with van der Waals surface area (Å²) in [4.78, 5) is 25.2. The molecular formula is C16H24N2O4. The minimum Gasteiger partial charge on any atom is -0.469 e. The molecule has 0 spiro atoms. The van der Waals surface area contributed by atoms with Crippen LogP contribution in [0.3, 0.4) is 0 Å². The van der Waals surface area contributed by atoms with Gasteiger partial charge in [-0.1, -0.05) is 18.2 Å². The highest BCUT2D eigenvalue weighted by molar-refractivity contribution is 5.89. The van der Waals surface area contributed by atoms with Crippen molar-refractivity contribution in [3.05, 3.63) is 30.3 Å². The number of para-hydroxylation sites is 1. The fraction of sp³-hybridized carbons (Fsp3) is 0.500. The molecule has 0 aliphatic heterocycles. The lowest BCUT2D eigenvalue weighted by Crippen LogP contribution is -2.37. The van der Waals surface area contributed by atoms with Gasteiger partial charge in [-0.2, -0.15) is 0 Å². The van der Waals surface area contributed by atoms with E-state index in [2.05, 4.69) is 10.1 Å². The van der Waals surface area contributed by atoms with Crippen LogP contribution in [0.25, 0.3) is 0 Å². The maximum atomic E-state index is 12.3. The van der Waals surface area contributed by atoms with Gasteiger partial charge >= 0.3 is 12.0 Å². The first-order chi connectivity index (χ1) is 10.7. The third kappa shape index (κ3) is 7.08. The smallest absolute Gasteiger partial charge is 0.321 e. The molecule has 1 N–H and O–H groups in total. The first-order valence-corrected chi connectivity index (χ1v) is 7.43. The molecule has 22 heavy (non-hydrogen) atoms. The number of methoxy groups -OCH3 is 1. The van der Waals surface area contributed by atoms with E-state index in [1.54, 1.807) is 4.90 Å². The maximum absolute atomic E-state index is 12.3. The molecule has 0 unspecified atom stereocenters. The van der Waals surface area contributed by atoms with Gasteiger partial charge in [-0.15, -0.1) is 0 Å². The number of hydrogen-bond acceptors (Lipinski definition) is 4. The minimum atomic E-state index is -0.331. The second-order valence-corrected chi connectivity index (χ2v) is 4.66. The number of carbonyl (C=O) groups is 2. The average Bonchev–Trinajstić information content (AvgIpc) is 2.54. The van der Waals surface area contributed by atoms with Crippen molar-refractivity contribution in [1.29, 1.82) is 0 Å². The summed E-state index contributed by atoms with van der Waals surface area (Å²) in [5.74, 6) is -0.331. The van der Waals surface area contributed by atoms with Crippen LogP contribution in [-0.4, -0.2) is 50.3 Å². The minimum absolute atomic E-state index is 0.174. The zero-order valence-electron chi connectivity index (χ0n) is 13.2. The molecule has 0 atom stereocenters. The van der Waals surface area contributed by atoms with Gasteiger partial charge in [0.05, 0.1) is 13.5 Å². The largest absolute Gasteiger partial charge is 0.469 e. The maximum Gasteiger partial charge on any atom is 0.321 e. The van der Waals surface area contributed by atoms with Gasteiger partial charge in [-0.3, -0.25) is 4.79 Å². The average molecular weight is 308 g/mol. The number of nitrogens with zero attached hydrogens (tertiary/aromatic N) is 1. The summed E-state index contributed by atoms with van der Waals surface area (Å²) in [6, 6.07) is 8.99. The summed E-state index contributed by atoms with van der Waals surface area (Å²) in [7, 11) is 1.34. The van der Waals surface area contributed by atoms with Gasteiger partial charge in [0.1, 0.15) is 0 Å². The van der Waals surface area contributed by atoms with Gasteiger partial charge in [0.25, 0.3) is 0 Å². The van der Waals surface area contributed by atoms with E-state index in [4.69, 9.17) is 4.74 Å². The second-order valence-electron chi connectivity index (χ2n) is 4.66. The molecular weight excluding hydrogens is 284 g/mol. The van der Waals surface area contributed by atoms with Gasteiger partial charge in [-0.05, 0) is 25.5 Å². The molecule has 1 rings (SSSR count). The topological polar surface area (TPSA) is 67.9 Å². The standard InChI is InChI=1S/C16H24N2O4/c1-3-22-13-7-11-18(12-10-15(19)21-2)16(20)17-14-8-5-4-6-9-14/h4-6,8-9H,3,7,10-13H2,1-2H3,(H,17,20). The molecule has 6 heteroatoms. The molecule has 0 radical (unpaired) electrons. The van der Waals surface area contributed by atoms with Crippen LogP contribution in [0.15, 0.2) is 30.3 Å². The molecule has 0 aromatic heterocycles. The van der Waals surface area contributed by atoms with Crippen molar-refractivity contribution in [3.63, 3.8) is 0 Å². The summed E-state index contributed by atoms with van der Waals surface area (Å²) >= 11 is 0. The zero-order chi connectivity index (χ0) is 16.2. The molecule has 2 amide bonds. The van der Waals surface area contributed by atoms with Crippen LogP contribution in [0.2, 0.25) is 0 Å². The van der Waals surface area contributed by atoms with E-state index in [9.17, 15) is 9.59 Å². The van der Waals surface area contributed by atoms with Crippen molar-refractivity contribution >= 4 is 17.7 Å². The van der Waals surface area contributed by atoms with Crippen LogP contribution in [0.1, 0.15) is 19.8 Å². The van der Waals surface area contributed by atoms with E-state index in [-0.39, 0.29) is 18.4 Å². The number of rotatable bonds is 9. The predicted octanol–water partition coefficient (Wildman–Crippen LogP) is 2.51. The molecule has 0 heterocycles. The van der Waals surface area contributed by atoms with Crippen molar-refractivity contribution in [2.75, 3.05) is 38.7 Å². The number of hydrogen-bond donors (Lipinski definition) is 1. The van der Waals surface area contributed by atoms with E-state index >= 15 is 0 Å². The lowest BCUT2D eigenvalue weighted by Gasteiger charge is -2.22. The Morgan fingerprint density at radius 3 is 2.55 bits per heavy atom. The number of esters is 1. The highest BCUT2D eigenvalue weighted by atomic mass is 16.5.